The van der Waals surface area contributed by atoms with E-state index >= 15 is 0 Å². The number of nitrogens with zero attached hydrogens (tertiary/aromatic N) is 2. The first kappa shape index (κ1) is 11.3. The van der Waals surface area contributed by atoms with Crippen LogP contribution in [-0.2, 0) is 11.3 Å². The van der Waals surface area contributed by atoms with Gasteiger partial charge in [-0.05, 0) is 17.7 Å². The number of amides is 1. The zero-order valence-electron chi connectivity index (χ0n) is 9.71. The maximum Gasteiger partial charge on any atom is 0.225 e. The summed E-state index contributed by atoms with van der Waals surface area (Å²) in [4.78, 5) is 17.5. The van der Waals surface area contributed by atoms with Gasteiger partial charge in [0.2, 0.25) is 5.91 Å². The molecular weight excluding hydrogens is 212 g/mol. The van der Waals surface area contributed by atoms with E-state index in [1.165, 1.54) is 0 Å². The molecule has 1 amide bonds. The predicted molar refractivity (Wildman–Crippen MR) is 67.5 cm³/mol. The second kappa shape index (κ2) is 5.25. The van der Waals surface area contributed by atoms with Gasteiger partial charge >= 0.3 is 0 Å². The van der Waals surface area contributed by atoms with Crippen LogP contribution in [0.25, 0.3) is 0 Å². The summed E-state index contributed by atoms with van der Waals surface area (Å²) >= 11 is 0. The Balaban J connectivity index is 2.23. The van der Waals surface area contributed by atoms with Gasteiger partial charge in [-0.2, -0.15) is 0 Å². The molecule has 0 fully saturated rings. The molecule has 2 rings (SSSR count). The molecule has 1 aromatic carbocycles. The molecule has 1 heterocycles. The standard InChI is InChI=1S/C14H14N2O/c1-12(17)16(14-9-5-6-10-15-14)11-13-7-3-2-4-8-13/h2-10H,11H2,1H3. The van der Waals surface area contributed by atoms with Crippen LogP contribution in [0.4, 0.5) is 5.82 Å². The molecule has 0 saturated heterocycles. The molecule has 3 nitrogen and oxygen atoms in total. The summed E-state index contributed by atoms with van der Waals surface area (Å²) in [5.74, 6) is 0.677. The third kappa shape index (κ3) is 2.91. The van der Waals surface area contributed by atoms with Gasteiger partial charge in [0.05, 0.1) is 6.54 Å². The highest BCUT2D eigenvalue weighted by molar-refractivity contribution is 5.90. The second-order valence-electron chi connectivity index (χ2n) is 3.78. The Morgan fingerprint density at radius 2 is 1.82 bits per heavy atom. The molecule has 0 N–H and O–H groups in total. The van der Waals surface area contributed by atoms with Crippen LogP contribution in [0.1, 0.15) is 12.5 Å². The van der Waals surface area contributed by atoms with Crippen LogP contribution in [0.2, 0.25) is 0 Å². The fraction of sp³-hybridized carbons (Fsp3) is 0.143. The Hall–Kier alpha value is -2.16. The number of carbonyl (C=O) groups is 1. The largest absolute Gasteiger partial charge is 0.293 e. The lowest BCUT2D eigenvalue weighted by Crippen LogP contribution is -2.28. The quantitative estimate of drug-likeness (QED) is 0.806. The van der Waals surface area contributed by atoms with Crippen LogP contribution in [0.15, 0.2) is 54.7 Å². The molecule has 0 saturated carbocycles. The van der Waals surface area contributed by atoms with E-state index in [9.17, 15) is 4.79 Å². The number of benzene rings is 1. The first-order chi connectivity index (χ1) is 8.27. The van der Waals surface area contributed by atoms with E-state index < -0.39 is 0 Å². The monoisotopic (exact) mass is 226 g/mol. The smallest absolute Gasteiger partial charge is 0.225 e. The zero-order chi connectivity index (χ0) is 12.1. The molecule has 2 aromatic rings. The maximum atomic E-state index is 11.6. The SMILES string of the molecule is CC(=O)N(Cc1ccccc1)c1ccccn1. The van der Waals surface area contributed by atoms with Gasteiger partial charge in [-0.15, -0.1) is 0 Å². The minimum absolute atomic E-state index is 0.00690. The Labute approximate surface area is 101 Å². The molecule has 86 valence electrons. The Kier molecular flexibility index (Phi) is 3.50. The van der Waals surface area contributed by atoms with E-state index in [2.05, 4.69) is 4.98 Å². The second-order valence-corrected chi connectivity index (χ2v) is 3.78. The van der Waals surface area contributed by atoms with Gasteiger partial charge in [-0.25, -0.2) is 4.98 Å². The Morgan fingerprint density at radius 1 is 1.12 bits per heavy atom. The summed E-state index contributed by atoms with van der Waals surface area (Å²) in [5.41, 5.74) is 1.09. The average Bonchev–Trinajstić information content (AvgIpc) is 2.38. The van der Waals surface area contributed by atoms with Crippen molar-refractivity contribution in [2.75, 3.05) is 4.90 Å². The van der Waals surface area contributed by atoms with Crippen LogP contribution < -0.4 is 4.90 Å². The third-order valence-electron chi connectivity index (χ3n) is 2.49. The lowest BCUT2D eigenvalue weighted by Gasteiger charge is -2.19. The van der Waals surface area contributed by atoms with Crippen LogP contribution in [0, 0.1) is 0 Å². The molecule has 0 unspecified atom stereocenters. The first-order valence-corrected chi connectivity index (χ1v) is 5.50. The minimum Gasteiger partial charge on any atom is -0.293 e. The molecule has 0 bridgehead atoms. The van der Waals surface area contributed by atoms with Gasteiger partial charge in [0.15, 0.2) is 0 Å². The molecule has 1 aromatic heterocycles. The lowest BCUT2D eigenvalue weighted by atomic mass is 10.2. The summed E-state index contributed by atoms with van der Waals surface area (Å²) in [6.07, 6.45) is 1.69. The van der Waals surface area contributed by atoms with E-state index in [-0.39, 0.29) is 5.91 Å². The van der Waals surface area contributed by atoms with Gasteiger partial charge in [0, 0.05) is 13.1 Å². The summed E-state index contributed by atoms with van der Waals surface area (Å²) < 4.78 is 0. The number of anilines is 1. The van der Waals surface area contributed by atoms with E-state index in [4.69, 9.17) is 0 Å². The Bertz CT molecular complexity index is 482. The van der Waals surface area contributed by atoms with Crippen molar-refractivity contribution in [1.29, 1.82) is 0 Å². The molecule has 0 aliphatic carbocycles. The highest BCUT2D eigenvalue weighted by atomic mass is 16.2. The van der Waals surface area contributed by atoms with Crippen LogP contribution >= 0.6 is 0 Å². The summed E-state index contributed by atoms with van der Waals surface area (Å²) in [6, 6.07) is 15.4. The molecule has 0 spiro atoms. The highest BCUT2D eigenvalue weighted by Gasteiger charge is 2.12. The van der Waals surface area contributed by atoms with Gasteiger partial charge in [0.1, 0.15) is 5.82 Å². The average molecular weight is 226 g/mol. The molecule has 3 heteroatoms. The van der Waals surface area contributed by atoms with E-state index in [0.29, 0.717) is 12.4 Å². The molecule has 0 aliphatic heterocycles. The predicted octanol–water partition coefficient (Wildman–Crippen LogP) is 2.63. The number of hydrogen-bond acceptors (Lipinski definition) is 2. The van der Waals surface area contributed by atoms with Gasteiger partial charge in [-0.3, -0.25) is 9.69 Å². The zero-order valence-corrected chi connectivity index (χ0v) is 9.71. The topological polar surface area (TPSA) is 33.2 Å². The lowest BCUT2D eigenvalue weighted by molar-refractivity contribution is -0.116. The van der Waals surface area contributed by atoms with Crippen molar-refractivity contribution >= 4 is 11.7 Å². The minimum atomic E-state index is -0.00690. The molecule has 0 radical (unpaired) electrons. The van der Waals surface area contributed by atoms with Gasteiger partial charge in [-0.1, -0.05) is 36.4 Å². The fourth-order valence-corrected chi connectivity index (χ4v) is 1.63. The van der Waals surface area contributed by atoms with Crippen LogP contribution in [-0.4, -0.2) is 10.9 Å². The summed E-state index contributed by atoms with van der Waals surface area (Å²) in [6.45, 7) is 2.10. The normalized spacial score (nSPS) is 9.94. The summed E-state index contributed by atoms with van der Waals surface area (Å²) in [5, 5.41) is 0. The van der Waals surface area contributed by atoms with Crippen molar-refractivity contribution in [2.45, 2.75) is 13.5 Å². The van der Waals surface area contributed by atoms with Crippen LogP contribution in [0.5, 0.6) is 0 Å². The van der Waals surface area contributed by atoms with E-state index in [1.54, 1.807) is 18.0 Å². The highest BCUT2D eigenvalue weighted by Crippen LogP contribution is 2.13. The molecule has 0 aliphatic rings. The number of hydrogen-bond donors (Lipinski definition) is 0. The molecule has 0 atom stereocenters. The summed E-state index contributed by atoms with van der Waals surface area (Å²) in [7, 11) is 0. The third-order valence-corrected chi connectivity index (χ3v) is 2.49. The van der Waals surface area contributed by atoms with Crippen molar-refractivity contribution in [2.24, 2.45) is 0 Å². The van der Waals surface area contributed by atoms with Crippen LogP contribution in [0.3, 0.4) is 0 Å². The van der Waals surface area contributed by atoms with Gasteiger partial charge < -0.3 is 0 Å². The number of aromatic nitrogens is 1. The van der Waals surface area contributed by atoms with Crippen molar-refractivity contribution in [3.05, 3.63) is 60.3 Å². The molecular formula is C14H14N2O. The fourth-order valence-electron chi connectivity index (χ4n) is 1.63. The molecule has 17 heavy (non-hydrogen) atoms. The Morgan fingerprint density at radius 3 is 2.41 bits per heavy atom. The van der Waals surface area contributed by atoms with Gasteiger partial charge in [0.25, 0.3) is 0 Å². The number of rotatable bonds is 3. The van der Waals surface area contributed by atoms with E-state index in [0.717, 1.165) is 5.56 Å². The number of carbonyl (C=O) groups excluding carboxylic acids is 1. The number of pyridine rings is 1. The van der Waals surface area contributed by atoms with Crippen molar-refractivity contribution < 1.29 is 4.79 Å². The van der Waals surface area contributed by atoms with Crippen molar-refractivity contribution in [1.82, 2.24) is 4.98 Å². The van der Waals surface area contributed by atoms with E-state index in [1.807, 2.05) is 48.5 Å². The maximum absolute atomic E-state index is 11.6. The van der Waals surface area contributed by atoms with Crippen molar-refractivity contribution in [3.8, 4) is 0 Å². The van der Waals surface area contributed by atoms with Crippen molar-refractivity contribution in [3.63, 3.8) is 0 Å². The first-order valence-electron chi connectivity index (χ1n) is 5.50.